The third kappa shape index (κ3) is 7.34. The minimum absolute atomic E-state index is 0.0625. The summed E-state index contributed by atoms with van der Waals surface area (Å²) >= 11 is 0. The van der Waals surface area contributed by atoms with Crippen LogP contribution in [0.15, 0.2) is 0 Å². The van der Waals surface area contributed by atoms with Crippen molar-refractivity contribution in [3.8, 4) is 0 Å². The van der Waals surface area contributed by atoms with Crippen molar-refractivity contribution in [1.82, 2.24) is 4.90 Å². The molecule has 0 saturated heterocycles. The summed E-state index contributed by atoms with van der Waals surface area (Å²) in [5.74, 6) is 1.78. The predicted octanol–water partition coefficient (Wildman–Crippen LogP) is 2.33. The quantitative estimate of drug-likeness (QED) is 0.667. The number of nitrogens with zero attached hydrogens (tertiary/aromatic N) is 1. The SMILES string of the molecule is CC(C)CC(N)C(CO)N(CC(C)C)CC(C)C. The number of rotatable bonds is 9. The van der Waals surface area contributed by atoms with Gasteiger partial charge in [-0.05, 0) is 24.2 Å². The summed E-state index contributed by atoms with van der Waals surface area (Å²) in [6.07, 6.45) is 0.970. The topological polar surface area (TPSA) is 49.5 Å². The van der Waals surface area contributed by atoms with Gasteiger partial charge in [0.05, 0.1) is 6.61 Å². The molecule has 0 saturated carbocycles. The summed E-state index contributed by atoms with van der Waals surface area (Å²) in [7, 11) is 0. The van der Waals surface area contributed by atoms with E-state index in [1.54, 1.807) is 0 Å². The summed E-state index contributed by atoms with van der Waals surface area (Å²) in [6.45, 7) is 15.4. The van der Waals surface area contributed by atoms with Crippen LogP contribution in [0.3, 0.4) is 0 Å². The summed E-state index contributed by atoms with van der Waals surface area (Å²) in [6, 6.07) is 0.157. The van der Waals surface area contributed by atoms with Gasteiger partial charge in [0.15, 0.2) is 0 Å². The van der Waals surface area contributed by atoms with Crippen molar-refractivity contribution in [3.63, 3.8) is 0 Å². The third-order valence-corrected chi connectivity index (χ3v) is 3.09. The number of aliphatic hydroxyl groups is 1. The van der Waals surface area contributed by atoms with Gasteiger partial charge in [0, 0.05) is 25.2 Å². The van der Waals surface area contributed by atoms with Gasteiger partial charge >= 0.3 is 0 Å². The first-order chi connectivity index (χ1) is 8.27. The van der Waals surface area contributed by atoms with Crippen LogP contribution in [0.2, 0.25) is 0 Å². The minimum Gasteiger partial charge on any atom is -0.395 e. The molecule has 0 aromatic carbocycles. The molecular weight excluding hydrogens is 224 g/mol. The second kappa shape index (κ2) is 8.89. The Bertz CT molecular complexity index is 195. The van der Waals surface area contributed by atoms with Crippen molar-refractivity contribution >= 4 is 0 Å². The maximum Gasteiger partial charge on any atom is 0.0601 e. The van der Waals surface area contributed by atoms with E-state index in [0.717, 1.165) is 19.5 Å². The van der Waals surface area contributed by atoms with Gasteiger partial charge in [-0.2, -0.15) is 0 Å². The molecule has 3 nitrogen and oxygen atoms in total. The molecule has 0 aliphatic carbocycles. The van der Waals surface area contributed by atoms with E-state index in [1.807, 2.05) is 0 Å². The number of hydrogen-bond acceptors (Lipinski definition) is 3. The standard InChI is InChI=1S/C15H34N2O/c1-11(2)7-14(16)15(10-18)17(8-12(3)4)9-13(5)6/h11-15,18H,7-10,16H2,1-6H3. The van der Waals surface area contributed by atoms with Crippen LogP contribution in [0.4, 0.5) is 0 Å². The van der Waals surface area contributed by atoms with Crippen LogP contribution < -0.4 is 5.73 Å². The van der Waals surface area contributed by atoms with Crippen molar-refractivity contribution in [1.29, 1.82) is 0 Å². The Morgan fingerprint density at radius 2 is 1.33 bits per heavy atom. The highest BCUT2D eigenvalue weighted by molar-refractivity contribution is 4.83. The Balaban J connectivity index is 4.67. The molecule has 0 radical (unpaired) electrons. The minimum atomic E-state index is 0.0625. The van der Waals surface area contributed by atoms with Gasteiger partial charge in [-0.1, -0.05) is 41.5 Å². The van der Waals surface area contributed by atoms with Crippen LogP contribution in [0.1, 0.15) is 48.0 Å². The van der Waals surface area contributed by atoms with Crippen LogP contribution in [-0.2, 0) is 0 Å². The van der Waals surface area contributed by atoms with Gasteiger partial charge < -0.3 is 10.8 Å². The first-order valence-electron chi connectivity index (χ1n) is 7.38. The highest BCUT2D eigenvalue weighted by Crippen LogP contribution is 2.15. The molecule has 0 bridgehead atoms. The lowest BCUT2D eigenvalue weighted by Crippen LogP contribution is -2.52. The number of nitrogens with two attached hydrogens (primary N) is 1. The van der Waals surface area contributed by atoms with Gasteiger partial charge in [-0.15, -0.1) is 0 Å². The van der Waals surface area contributed by atoms with Gasteiger partial charge in [0.2, 0.25) is 0 Å². The van der Waals surface area contributed by atoms with E-state index in [0.29, 0.717) is 17.8 Å². The summed E-state index contributed by atoms with van der Waals surface area (Å²) in [5.41, 5.74) is 6.28. The van der Waals surface area contributed by atoms with E-state index in [-0.39, 0.29) is 18.7 Å². The molecule has 0 spiro atoms. The Morgan fingerprint density at radius 1 is 0.889 bits per heavy atom. The monoisotopic (exact) mass is 258 g/mol. The van der Waals surface area contributed by atoms with E-state index < -0.39 is 0 Å². The molecule has 0 aromatic heterocycles. The molecule has 0 fully saturated rings. The summed E-state index contributed by atoms with van der Waals surface area (Å²) in [4.78, 5) is 2.38. The molecule has 0 amide bonds. The van der Waals surface area contributed by atoms with E-state index in [4.69, 9.17) is 5.73 Å². The average Bonchev–Trinajstić information content (AvgIpc) is 2.14. The molecule has 3 heteroatoms. The fraction of sp³-hybridized carbons (Fsp3) is 1.00. The number of hydrogen-bond donors (Lipinski definition) is 2. The van der Waals surface area contributed by atoms with Gasteiger partial charge in [-0.25, -0.2) is 0 Å². The smallest absolute Gasteiger partial charge is 0.0601 e. The van der Waals surface area contributed by atoms with Crippen molar-refractivity contribution in [2.75, 3.05) is 19.7 Å². The van der Waals surface area contributed by atoms with E-state index in [9.17, 15) is 5.11 Å². The van der Waals surface area contributed by atoms with E-state index >= 15 is 0 Å². The fourth-order valence-electron chi connectivity index (χ4n) is 2.51. The van der Waals surface area contributed by atoms with Gasteiger partial charge in [-0.3, -0.25) is 4.90 Å². The van der Waals surface area contributed by atoms with Crippen molar-refractivity contribution in [2.45, 2.75) is 60.0 Å². The van der Waals surface area contributed by atoms with Crippen LogP contribution in [0.25, 0.3) is 0 Å². The Hall–Kier alpha value is -0.120. The molecule has 3 N–H and O–H groups in total. The molecule has 2 atom stereocenters. The van der Waals surface area contributed by atoms with E-state index in [1.165, 1.54) is 0 Å². The normalized spacial score (nSPS) is 16.0. The van der Waals surface area contributed by atoms with Gasteiger partial charge in [0.1, 0.15) is 0 Å². The number of aliphatic hydroxyl groups excluding tert-OH is 1. The lowest BCUT2D eigenvalue weighted by molar-refractivity contribution is 0.0783. The second-order valence-corrected chi connectivity index (χ2v) is 6.78. The zero-order chi connectivity index (χ0) is 14.3. The lowest BCUT2D eigenvalue weighted by atomic mass is 9.96. The van der Waals surface area contributed by atoms with Crippen LogP contribution in [-0.4, -0.2) is 41.8 Å². The third-order valence-electron chi connectivity index (χ3n) is 3.09. The molecule has 2 unspecified atom stereocenters. The highest BCUT2D eigenvalue weighted by Gasteiger charge is 2.25. The Kier molecular flexibility index (Phi) is 8.83. The summed E-state index contributed by atoms with van der Waals surface area (Å²) < 4.78 is 0. The molecule has 0 rings (SSSR count). The first kappa shape index (κ1) is 17.9. The summed E-state index contributed by atoms with van der Waals surface area (Å²) in [5, 5.41) is 9.68. The van der Waals surface area contributed by atoms with Crippen molar-refractivity contribution in [2.24, 2.45) is 23.5 Å². The zero-order valence-electron chi connectivity index (χ0n) is 13.2. The van der Waals surface area contributed by atoms with Crippen LogP contribution in [0, 0.1) is 17.8 Å². The zero-order valence-corrected chi connectivity index (χ0v) is 13.2. The Morgan fingerprint density at radius 3 is 1.61 bits per heavy atom. The Labute approximate surface area is 114 Å². The predicted molar refractivity (Wildman–Crippen MR) is 79.6 cm³/mol. The second-order valence-electron chi connectivity index (χ2n) is 6.78. The lowest BCUT2D eigenvalue weighted by Gasteiger charge is -2.37. The first-order valence-corrected chi connectivity index (χ1v) is 7.38. The average molecular weight is 258 g/mol. The van der Waals surface area contributed by atoms with Crippen molar-refractivity contribution < 1.29 is 5.11 Å². The molecule has 18 heavy (non-hydrogen) atoms. The molecule has 0 aliphatic heterocycles. The molecule has 0 heterocycles. The van der Waals surface area contributed by atoms with Crippen molar-refractivity contribution in [3.05, 3.63) is 0 Å². The maximum atomic E-state index is 9.68. The molecular formula is C15H34N2O. The maximum absolute atomic E-state index is 9.68. The highest BCUT2D eigenvalue weighted by atomic mass is 16.3. The van der Waals surface area contributed by atoms with E-state index in [2.05, 4.69) is 46.4 Å². The molecule has 0 aliphatic rings. The largest absolute Gasteiger partial charge is 0.395 e. The molecule has 0 aromatic rings. The van der Waals surface area contributed by atoms with Crippen LogP contribution >= 0.6 is 0 Å². The van der Waals surface area contributed by atoms with Gasteiger partial charge in [0.25, 0.3) is 0 Å². The molecule has 110 valence electrons. The fourth-order valence-corrected chi connectivity index (χ4v) is 2.51. The van der Waals surface area contributed by atoms with Crippen LogP contribution in [0.5, 0.6) is 0 Å².